The fourth-order valence-electron chi connectivity index (χ4n) is 3.06. The van der Waals surface area contributed by atoms with Crippen molar-refractivity contribution in [3.63, 3.8) is 0 Å². The summed E-state index contributed by atoms with van der Waals surface area (Å²) in [7, 11) is 0. The molecule has 1 atom stereocenters. The molecule has 2 amide bonds. The fraction of sp³-hybridized carbons (Fsp3) is 0.867. The minimum Gasteiger partial charge on any atom is -0.480 e. The van der Waals surface area contributed by atoms with E-state index in [-0.39, 0.29) is 18.7 Å². The molecule has 6 nitrogen and oxygen atoms in total. The van der Waals surface area contributed by atoms with E-state index >= 15 is 0 Å². The summed E-state index contributed by atoms with van der Waals surface area (Å²) < 4.78 is 5.30. The number of urea groups is 1. The van der Waals surface area contributed by atoms with E-state index in [1.54, 1.807) is 0 Å². The summed E-state index contributed by atoms with van der Waals surface area (Å²) in [4.78, 5) is 26.8. The fourth-order valence-corrected chi connectivity index (χ4v) is 3.06. The quantitative estimate of drug-likeness (QED) is 0.862. The van der Waals surface area contributed by atoms with Crippen LogP contribution < -0.4 is 0 Å². The highest BCUT2D eigenvalue weighted by Crippen LogP contribution is 2.20. The van der Waals surface area contributed by atoms with Gasteiger partial charge in [-0.05, 0) is 38.0 Å². The van der Waals surface area contributed by atoms with Gasteiger partial charge in [0.2, 0.25) is 0 Å². The van der Waals surface area contributed by atoms with Crippen molar-refractivity contribution in [1.29, 1.82) is 0 Å². The van der Waals surface area contributed by atoms with Crippen LogP contribution in [0.4, 0.5) is 4.79 Å². The van der Waals surface area contributed by atoms with E-state index < -0.39 is 5.97 Å². The summed E-state index contributed by atoms with van der Waals surface area (Å²) >= 11 is 0. The van der Waals surface area contributed by atoms with Crippen LogP contribution in [0, 0.1) is 5.92 Å². The lowest BCUT2D eigenvalue weighted by atomic mass is 10.0. The molecule has 1 N–H and O–H groups in total. The molecule has 0 radical (unpaired) electrons. The highest BCUT2D eigenvalue weighted by Gasteiger charge is 2.27. The van der Waals surface area contributed by atoms with Gasteiger partial charge in [-0.25, -0.2) is 9.59 Å². The van der Waals surface area contributed by atoms with Gasteiger partial charge in [0.05, 0.1) is 6.10 Å². The Hall–Kier alpha value is -1.30. The van der Waals surface area contributed by atoms with Gasteiger partial charge in [0, 0.05) is 26.2 Å². The molecule has 2 aliphatic rings. The third kappa shape index (κ3) is 4.88. The van der Waals surface area contributed by atoms with Gasteiger partial charge in [-0.15, -0.1) is 0 Å². The molecule has 2 fully saturated rings. The molecule has 0 saturated carbocycles. The largest absolute Gasteiger partial charge is 0.480 e. The first-order chi connectivity index (χ1) is 10.1. The van der Waals surface area contributed by atoms with Crippen molar-refractivity contribution >= 4 is 12.0 Å². The van der Waals surface area contributed by atoms with Crippen LogP contribution in [-0.2, 0) is 9.53 Å². The number of hydrogen-bond donors (Lipinski definition) is 1. The Bertz CT molecular complexity index is 367. The molecule has 2 saturated heterocycles. The topological polar surface area (TPSA) is 70.1 Å². The smallest absolute Gasteiger partial charge is 0.329 e. The van der Waals surface area contributed by atoms with E-state index in [0.29, 0.717) is 19.0 Å². The molecule has 2 aliphatic heterocycles. The van der Waals surface area contributed by atoms with Gasteiger partial charge in [0.15, 0.2) is 0 Å². The molecule has 6 heteroatoms. The number of rotatable bonds is 3. The first kappa shape index (κ1) is 16.1. The normalized spacial score (nSPS) is 24.7. The third-order valence-electron chi connectivity index (χ3n) is 4.44. The van der Waals surface area contributed by atoms with E-state index in [0.717, 1.165) is 38.8 Å². The number of carboxylic acid groups (broad SMARTS) is 1. The van der Waals surface area contributed by atoms with Crippen molar-refractivity contribution < 1.29 is 19.4 Å². The maximum absolute atomic E-state index is 12.5. The summed E-state index contributed by atoms with van der Waals surface area (Å²) in [6.07, 6.45) is 4.80. The van der Waals surface area contributed by atoms with E-state index in [4.69, 9.17) is 9.84 Å². The number of piperidine rings is 1. The van der Waals surface area contributed by atoms with Gasteiger partial charge in [0.25, 0.3) is 0 Å². The van der Waals surface area contributed by atoms with E-state index in [1.807, 2.05) is 9.80 Å². The predicted molar refractivity (Wildman–Crippen MR) is 78.2 cm³/mol. The monoisotopic (exact) mass is 298 g/mol. The van der Waals surface area contributed by atoms with Crippen LogP contribution in [0.1, 0.15) is 39.0 Å². The number of carboxylic acids is 1. The van der Waals surface area contributed by atoms with Crippen LogP contribution in [0.25, 0.3) is 0 Å². The number of carbonyl (C=O) groups excluding carboxylic acids is 1. The van der Waals surface area contributed by atoms with Crippen LogP contribution in [0.2, 0.25) is 0 Å². The first-order valence-corrected chi connectivity index (χ1v) is 7.93. The highest BCUT2D eigenvalue weighted by molar-refractivity contribution is 5.74. The van der Waals surface area contributed by atoms with Crippen LogP contribution in [0.15, 0.2) is 0 Å². The lowest BCUT2D eigenvalue weighted by Gasteiger charge is -2.35. The minimum absolute atomic E-state index is 0.0331. The Labute approximate surface area is 126 Å². The predicted octanol–water partition coefficient (Wildman–Crippen LogP) is 1.79. The summed E-state index contributed by atoms with van der Waals surface area (Å²) in [5.41, 5.74) is 0. The molecule has 0 spiro atoms. The average molecular weight is 298 g/mol. The molecular formula is C15H26N2O4. The second kappa shape index (κ2) is 7.64. The molecule has 2 heterocycles. The Morgan fingerprint density at radius 2 is 1.67 bits per heavy atom. The molecule has 0 aromatic carbocycles. The number of nitrogens with zero attached hydrogens (tertiary/aromatic N) is 2. The van der Waals surface area contributed by atoms with Crippen molar-refractivity contribution in [2.75, 3.05) is 32.8 Å². The van der Waals surface area contributed by atoms with Crippen molar-refractivity contribution in [3.8, 4) is 0 Å². The molecular weight excluding hydrogens is 272 g/mol. The lowest BCUT2D eigenvalue weighted by molar-refractivity contribution is -0.145. The standard InChI is InChI=1S/C15H26N2O4/c1-12-3-2-7-16(8-4-12)15(20)17-9-5-13(6-10-17)21-11-14(18)19/h12-13H,2-11H2,1H3,(H,18,19). The zero-order valence-corrected chi connectivity index (χ0v) is 12.8. The Morgan fingerprint density at radius 1 is 1.05 bits per heavy atom. The maximum Gasteiger partial charge on any atom is 0.329 e. The summed E-state index contributed by atoms with van der Waals surface area (Å²) in [6, 6.07) is 0.140. The Balaban J connectivity index is 1.76. The molecule has 0 aromatic rings. The molecule has 0 aromatic heterocycles. The Morgan fingerprint density at radius 3 is 2.33 bits per heavy atom. The number of aliphatic carboxylic acids is 1. The van der Waals surface area contributed by atoms with Crippen LogP contribution >= 0.6 is 0 Å². The number of hydrogen-bond acceptors (Lipinski definition) is 3. The Kier molecular flexibility index (Phi) is 5.85. The SMILES string of the molecule is CC1CCCN(C(=O)N2CCC(OCC(=O)O)CC2)CC1. The van der Waals surface area contributed by atoms with Gasteiger partial charge in [-0.2, -0.15) is 0 Å². The van der Waals surface area contributed by atoms with Crippen LogP contribution in [0.3, 0.4) is 0 Å². The molecule has 1 unspecified atom stereocenters. The number of ether oxygens (including phenoxy) is 1. The molecule has 21 heavy (non-hydrogen) atoms. The highest BCUT2D eigenvalue weighted by atomic mass is 16.5. The van der Waals surface area contributed by atoms with Crippen LogP contribution in [0.5, 0.6) is 0 Å². The summed E-state index contributed by atoms with van der Waals surface area (Å²) in [6.45, 7) is 5.04. The van der Waals surface area contributed by atoms with E-state index in [9.17, 15) is 9.59 Å². The summed E-state index contributed by atoms with van der Waals surface area (Å²) in [5.74, 6) is -0.231. The van der Waals surface area contributed by atoms with Crippen molar-refractivity contribution in [2.45, 2.75) is 45.1 Å². The lowest BCUT2D eigenvalue weighted by Crippen LogP contribution is -2.48. The van der Waals surface area contributed by atoms with Gasteiger partial charge in [0.1, 0.15) is 6.61 Å². The second-order valence-corrected chi connectivity index (χ2v) is 6.20. The van der Waals surface area contributed by atoms with Gasteiger partial charge >= 0.3 is 12.0 Å². The number of amides is 2. The van der Waals surface area contributed by atoms with Crippen molar-refractivity contribution in [2.24, 2.45) is 5.92 Å². The number of carbonyl (C=O) groups is 2. The maximum atomic E-state index is 12.5. The zero-order valence-electron chi connectivity index (χ0n) is 12.8. The van der Waals surface area contributed by atoms with Gasteiger partial charge in [-0.1, -0.05) is 6.92 Å². The van der Waals surface area contributed by atoms with E-state index in [2.05, 4.69) is 6.92 Å². The average Bonchev–Trinajstić information content (AvgIpc) is 2.69. The van der Waals surface area contributed by atoms with Gasteiger partial charge in [-0.3, -0.25) is 0 Å². The first-order valence-electron chi connectivity index (χ1n) is 7.93. The van der Waals surface area contributed by atoms with Crippen molar-refractivity contribution in [1.82, 2.24) is 9.80 Å². The summed E-state index contributed by atoms with van der Waals surface area (Å²) in [5, 5.41) is 8.61. The molecule has 120 valence electrons. The molecule has 2 rings (SSSR count). The van der Waals surface area contributed by atoms with Gasteiger partial charge < -0.3 is 19.6 Å². The zero-order chi connectivity index (χ0) is 15.2. The molecule has 0 bridgehead atoms. The minimum atomic E-state index is -0.938. The van der Waals surface area contributed by atoms with Crippen molar-refractivity contribution in [3.05, 3.63) is 0 Å². The third-order valence-corrected chi connectivity index (χ3v) is 4.44. The van der Waals surface area contributed by atoms with Crippen LogP contribution in [-0.4, -0.2) is 65.8 Å². The number of likely N-dealkylation sites (tertiary alicyclic amines) is 2. The second-order valence-electron chi connectivity index (χ2n) is 6.20. The van der Waals surface area contributed by atoms with E-state index in [1.165, 1.54) is 6.42 Å². The molecule has 0 aliphatic carbocycles.